The number of hydrogen-bond acceptors (Lipinski definition) is 11. The quantitative estimate of drug-likeness (QED) is 0.305. The summed E-state index contributed by atoms with van der Waals surface area (Å²) in [6, 6.07) is 10.8. The Hall–Kier alpha value is -4.00. The van der Waals surface area contributed by atoms with Crippen LogP contribution in [0, 0.1) is 12.3 Å². The lowest BCUT2D eigenvalue weighted by Gasteiger charge is -2.50. The number of ether oxygens (including phenoxy) is 2. The predicted molar refractivity (Wildman–Crippen MR) is 188 cm³/mol. The number of methoxy groups -OCH3 is 1. The summed E-state index contributed by atoms with van der Waals surface area (Å²) in [6.07, 6.45) is 8.26. The fourth-order valence-electron chi connectivity index (χ4n) is 8.07. The highest BCUT2D eigenvalue weighted by molar-refractivity contribution is 5.97. The van der Waals surface area contributed by atoms with Gasteiger partial charge in [0.1, 0.15) is 17.1 Å². The average molecular weight is 656 g/mol. The van der Waals surface area contributed by atoms with E-state index in [1.165, 1.54) is 31.6 Å². The Kier molecular flexibility index (Phi) is 9.39. The van der Waals surface area contributed by atoms with Crippen molar-refractivity contribution >= 4 is 28.9 Å². The van der Waals surface area contributed by atoms with Crippen molar-refractivity contribution in [3.63, 3.8) is 0 Å². The molecule has 0 radical (unpaired) electrons. The Morgan fingerprint density at radius 3 is 2.44 bits per heavy atom. The summed E-state index contributed by atoms with van der Waals surface area (Å²) in [5, 5.41) is 7.02. The molecule has 4 fully saturated rings. The number of nitrogens with one attached hydrogen (secondary N) is 2. The molecule has 4 aliphatic rings. The number of benzene rings is 1. The molecule has 256 valence electrons. The highest BCUT2D eigenvalue weighted by atomic mass is 16.5. The molecule has 2 aromatic heterocycles. The minimum absolute atomic E-state index is 0.0467. The topological polar surface area (TPSA) is 134 Å². The van der Waals surface area contributed by atoms with Gasteiger partial charge in [0.25, 0.3) is 5.91 Å². The standard InChI is InChI=1S/C36H49N9O3/c1-24-21-25(6-7-28(24)45-13-8-27(9-14-45)44-17-15-43(2)16-18-44)39-35-32(33(37)46)41-31(30-29(47-3)5-4-12-38-30)34(42-35)40-26-22-36(23-26)10-19-48-20-11-36/h4-7,12,21,26-27H,8-11,13-20,22-23H2,1-3H3,(H2,37,46)(H2,39,40,42). The van der Waals surface area contributed by atoms with E-state index in [1.54, 1.807) is 19.4 Å². The van der Waals surface area contributed by atoms with Gasteiger partial charge in [0, 0.05) is 82.1 Å². The molecule has 48 heavy (non-hydrogen) atoms. The Morgan fingerprint density at radius 2 is 1.75 bits per heavy atom. The Morgan fingerprint density at radius 1 is 1.00 bits per heavy atom. The minimum atomic E-state index is -0.672. The van der Waals surface area contributed by atoms with E-state index in [-0.39, 0.29) is 11.7 Å². The molecule has 1 amide bonds. The van der Waals surface area contributed by atoms with Crippen LogP contribution in [0.2, 0.25) is 0 Å². The predicted octanol–water partition coefficient (Wildman–Crippen LogP) is 4.29. The largest absolute Gasteiger partial charge is 0.494 e. The van der Waals surface area contributed by atoms with Crippen LogP contribution in [0.4, 0.5) is 23.0 Å². The van der Waals surface area contributed by atoms with Crippen molar-refractivity contribution in [2.45, 2.75) is 57.5 Å². The van der Waals surface area contributed by atoms with Crippen LogP contribution in [0.1, 0.15) is 54.6 Å². The molecule has 0 bridgehead atoms. The van der Waals surface area contributed by atoms with Crippen LogP contribution in [0.5, 0.6) is 5.75 Å². The molecule has 0 unspecified atom stereocenters. The number of piperidine rings is 1. The van der Waals surface area contributed by atoms with E-state index < -0.39 is 5.91 Å². The highest BCUT2D eigenvalue weighted by Crippen LogP contribution is 2.50. The third kappa shape index (κ3) is 6.79. The number of amides is 1. The Bertz CT molecular complexity index is 1600. The number of nitrogens with two attached hydrogens (primary N) is 1. The molecule has 12 nitrogen and oxygen atoms in total. The van der Waals surface area contributed by atoms with Crippen molar-refractivity contribution in [3.8, 4) is 17.1 Å². The first kappa shape index (κ1) is 32.5. The zero-order valence-electron chi connectivity index (χ0n) is 28.5. The molecule has 1 spiro atoms. The van der Waals surface area contributed by atoms with Gasteiger partial charge in [-0.2, -0.15) is 0 Å². The molecule has 5 heterocycles. The summed E-state index contributed by atoms with van der Waals surface area (Å²) in [5.41, 5.74) is 10.4. The summed E-state index contributed by atoms with van der Waals surface area (Å²) in [4.78, 5) is 34.7. The molecular weight excluding hydrogens is 606 g/mol. The van der Waals surface area contributed by atoms with Crippen molar-refractivity contribution in [1.82, 2.24) is 24.8 Å². The number of primary amides is 1. The lowest BCUT2D eigenvalue weighted by Crippen LogP contribution is -2.52. The van der Waals surface area contributed by atoms with E-state index in [1.807, 2.05) is 12.1 Å². The molecule has 1 aromatic carbocycles. The summed E-state index contributed by atoms with van der Waals surface area (Å²) in [6.45, 7) is 10.5. The maximum atomic E-state index is 12.8. The van der Waals surface area contributed by atoms with Crippen LogP contribution in [0.15, 0.2) is 36.5 Å². The van der Waals surface area contributed by atoms with E-state index >= 15 is 0 Å². The number of rotatable bonds is 9. The lowest BCUT2D eigenvalue weighted by atomic mass is 9.61. The second kappa shape index (κ2) is 13.9. The van der Waals surface area contributed by atoms with Crippen LogP contribution in [-0.4, -0.2) is 109 Å². The van der Waals surface area contributed by atoms with Gasteiger partial charge in [0.2, 0.25) is 0 Å². The van der Waals surface area contributed by atoms with Crippen molar-refractivity contribution in [1.29, 1.82) is 0 Å². The van der Waals surface area contributed by atoms with E-state index in [9.17, 15) is 4.79 Å². The van der Waals surface area contributed by atoms with Gasteiger partial charge in [0.05, 0.1) is 7.11 Å². The SMILES string of the molecule is COc1cccnc1-c1nc(C(N)=O)c(Nc2ccc(N3CCC(N4CCN(C)CC4)CC3)c(C)c2)nc1NC1CC2(CCOCC2)C1. The number of hydrogen-bond donors (Lipinski definition) is 3. The number of nitrogens with zero attached hydrogens (tertiary/aromatic N) is 6. The van der Waals surface area contributed by atoms with E-state index in [0.717, 1.165) is 76.3 Å². The van der Waals surface area contributed by atoms with Gasteiger partial charge in [-0.1, -0.05) is 0 Å². The summed E-state index contributed by atoms with van der Waals surface area (Å²) in [7, 11) is 3.80. The fraction of sp³-hybridized carbons (Fsp3) is 0.556. The number of likely N-dealkylation sites (N-methyl/N-ethyl adjacent to an activating group) is 1. The van der Waals surface area contributed by atoms with Crippen molar-refractivity contribution in [2.24, 2.45) is 11.1 Å². The van der Waals surface area contributed by atoms with Crippen LogP contribution in [0.3, 0.4) is 0 Å². The zero-order chi connectivity index (χ0) is 33.3. The number of carbonyl (C=O) groups excluding carboxylic acids is 1. The molecule has 1 aliphatic carbocycles. The molecule has 3 aromatic rings. The zero-order valence-corrected chi connectivity index (χ0v) is 28.5. The van der Waals surface area contributed by atoms with Gasteiger partial charge in [-0.05, 0) is 93.8 Å². The maximum absolute atomic E-state index is 12.8. The smallest absolute Gasteiger partial charge is 0.271 e. The highest BCUT2D eigenvalue weighted by Gasteiger charge is 2.45. The second-order valence-corrected chi connectivity index (χ2v) is 14.1. The van der Waals surface area contributed by atoms with Gasteiger partial charge in [-0.3, -0.25) is 14.7 Å². The third-order valence-electron chi connectivity index (χ3n) is 10.9. The van der Waals surface area contributed by atoms with E-state index in [0.29, 0.717) is 40.2 Å². The van der Waals surface area contributed by atoms with E-state index in [4.69, 9.17) is 25.2 Å². The van der Waals surface area contributed by atoms with Gasteiger partial charge in [-0.25, -0.2) is 9.97 Å². The molecule has 3 aliphatic heterocycles. The van der Waals surface area contributed by atoms with Crippen LogP contribution in [0.25, 0.3) is 11.4 Å². The maximum Gasteiger partial charge on any atom is 0.271 e. The minimum Gasteiger partial charge on any atom is -0.494 e. The molecule has 0 atom stereocenters. The normalized spacial score (nSPS) is 20.8. The van der Waals surface area contributed by atoms with Gasteiger partial charge < -0.3 is 35.6 Å². The second-order valence-electron chi connectivity index (χ2n) is 14.1. The average Bonchev–Trinajstić information content (AvgIpc) is 3.08. The summed E-state index contributed by atoms with van der Waals surface area (Å²) in [5.74, 6) is 0.722. The Labute approximate surface area is 283 Å². The van der Waals surface area contributed by atoms with Crippen molar-refractivity contribution < 1.29 is 14.3 Å². The van der Waals surface area contributed by atoms with Gasteiger partial charge in [0.15, 0.2) is 17.3 Å². The summed E-state index contributed by atoms with van der Waals surface area (Å²) >= 11 is 0. The monoisotopic (exact) mass is 655 g/mol. The number of carbonyl (C=O) groups is 1. The van der Waals surface area contributed by atoms with Gasteiger partial charge >= 0.3 is 0 Å². The number of anilines is 4. The molecule has 1 saturated carbocycles. The number of aryl methyl sites for hydroxylation is 1. The summed E-state index contributed by atoms with van der Waals surface area (Å²) < 4.78 is 11.2. The first-order chi connectivity index (χ1) is 23.3. The fourth-order valence-corrected chi connectivity index (χ4v) is 8.07. The molecule has 4 N–H and O–H groups in total. The molecule has 7 rings (SSSR count). The number of pyridine rings is 1. The van der Waals surface area contributed by atoms with Crippen molar-refractivity contribution in [3.05, 3.63) is 47.8 Å². The molecule has 12 heteroatoms. The first-order valence-corrected chi connectivity index (χ1v) is 17.4. The van der Waals surface area contributed by atoms with Crippen molar-refractivity contribution in [2.75, 3.05) is 82.2 Å². The molecule has 3 saturated heterocycles. The number of piperazine rings is 1. The van der Waals surface area contributed by atoms with Gasteiger partial charge in [-0.15, -0.1) is 0 Å². The van der Waals surface area contributed by atoms with Crippen LogP contribution < -0.4 is 26.0 Å². The molecular formula is C36H49N9O3. The number of aromatic nitrogens is 3. The first-order valence-electron chi connectivity index (χ1n) is 17.4. The van der Waals surface area contributed by atoms with Crippen LogP contribution >= 0.6 is 0 Å². The Balaban J connectivity index is 1.12. The van der Waals surface area contributed by atoms with Crippen LogP contribution in [-0.2, 0) is 4.74 Å². The lowest BCUT2D eigenvalue weighted by molar-refractivity contribution is -0.0342. The third-order valence-corrected chi connectivity index (χ3v) is 10.9. The van der Waals surface area contributed by atoms with E-state index in [2.05, 4.69) is 56.4 Å².